The first-order valence-electron chi connectivity index (χ1n) is 6.94. The average molecular weight is 312 g/mol. The standard InChI is InChI=1S/C17H16N2O2S/c1-10-4-6-13(7-5-10)16-12(3)22-9-14(16)17(20)18-15-8-11(2)21-19-15/h4-9H,1-3H3,(H,18,19,20). The quantitative estimate of drug-likeness (QED) is 0.770. The SMILES string of the molecule is Cc1ccc(-c2c(C(=O)Nc3cc(C)on3)csc2C)cc1. The number of aryl methyl sites for hydroxylation is 3. The van der Waals surface area contributed by atoms with Crippen LogP contribution in [0.25, 0.3) is 11.1 Å². The van der Waals surface area contributed by atoms with Crippen molar-refractivity contribution in [3.8, 4) is 11.1 Å². The fraction of sp³-hybridized carbons (Fsp3) is 0.176. The summed E-state index contributed by atoms with van der Waals surface area (Å²) in [5.41, 5.74) is 3.88. The molecule has 2 aromatic heterocycles. The van der Waals surface area contributed by atoms with Gasteiger partial charge in [-0.1, -0.05) is 35.0 Å². The third kappa shape index (κ3) is 2.80. The van der Waals surface area contributed by atoms with Gasteiger partial charge in [0.1, 0.15) is 5.76 Å². The van der Waals surface area contributed by atoms with Crippen LogP contribution in [0.3, 0.4) is 0 Å². The fourth-order valence-electron chi connectivity index (χ4n) is 2.31. The van der Waals surface area contributed by atoms with Crippen LogP contribution in [0, 0.1) is 20.8 Å². The van der Waals surface area contributed by atoms with Crippen LogP contribution < -0.4 is 5.32 Å². The van der Waals surface area contributed by atoms with E-state index in [1.54, 1.807) is 24.3 Å². The molecule has 0 saturated carbocycles. The van der Waals surface area contributed by atoms with Crippen LogP contribution >= 0.6 is 11.3 Å². The lowest BCUT2D eigenvalue weighted by atomic mass is 10.0. The lowest BCUT2D eigenvalue weighted by molar-refractivity contribution is 0.102. The van der Waals surface area contributed by atoms with Gasteiger partial charge in [0, 0.05) is 21.9 Å². The second-order valence-electron chi connectivity index (χ2n) is 5.22. The summed E-state index contributed by atoms with van der Waals surface area (Å²) >= 11 is 1.57. The molecule has 1 aromatic carbocycles. The Balaban J connectivity index is 1.94. The molecule has 5 heteroatoms. The molecule has 112 valence electrons. The Morgan fingerprint density at radius 1 is 1.18 bits per heavy atom. The predicted molar refractivity (Wildman–Crippen MR) is 88.4 cm³/mol. The number of carbonyl (C=O) groups is 1. The summed E-state index contributed by atoms with van der Waals surface area (Å²) in [6.07, 6.45) is 0. The van der Waals surface area contributed by atoms with Gasteiger partial charge in [0.05, 0.1) is 5.56 Å². The van der Waals surface area contributed by atoms with E-state index in [1.807, 2.05) is 31.4 Å². The smallest absolute Gasteiger partial charge is 0.258 e. The number of nitrogens with one attached hydrogen (secondary N) is 1. The van der Waals surface area contributed by atoms with Crippen LogP contribution in [-0.4, -0.2) is 11.1 Å². The van der Waals surface area contributed by atoms with Crippen LogP contribution in [0.1, 0.15) is 26.6 Å². The molecule has 0 saturated heterocycles. The molecule has 0 fully saturated rings. The maximum absolute atomic E-state index is 12.5. The molecule has 0 unspecified atom stereocenters. The number of nitrogens with zero attached hydrogens (tertiary/aromatic N) is 1. The largest absolute Gasteiger partial charge is 0.360 e. The third-order valence-electron chi connectivity index (χ3n) is 3.43. The second kappa shape index (κ2) is 5.77. The molecule has 0 spiro atoms. The van der Waals surface area contributed by atoms with E-state index in [0.29, 0.717) is 17.1 Å². The van der Waals surface area contributed by atoms with Gasteiger partial charge < -0.3 is 9.84 Å². The van der Waals surface area contributed by atoms with Crippen LogP contribution in [0.2, 0.25) is 0 Å². The van der Waals surface area contributed by atoms with Gasteiger partial charge in [-0.2, -0.15) is 0 Å². The van der Waals surface area contributed by atoms with E-state index in [0.717, 1.165) is 16.0 Å². The molecule has 0 radical (unpaired) electrons. The lowest BCUT2D eigenvalue weighted by Gasteiger charge is -2.06. The number of hydrogen-bond acceptors (Lipinski definition) is 4. The first kappa shape index (κ1) is 14.5. The van der Waals surface area contributed by atoms with Gasteiger partial charge in [-0.05, 0) is 26.3 Å². The number of benzene rings is 1. The number of aromatic nitrogens is 1. The van der Waals surface area contributed by atoms with Gasteiger partial charge in [0.2, 0.25) is 0 Å². The fourth-order valence-corrected chi connectivity index (χ4v) is 3.17. The maximum atomic E-state index is 12.5. The molecule has 0 aliphatic carbocycles. The zero-order valence-electron chi connectivity index (χ0n) is 12.6. The first-order valence-corrected chi connectivity index (χ1v) is 7.82. The zero-order valence-corrected chi connectivity index (χ0v) is 13.5. The number of amides is 1. The van der Waals surface area contributed by atoms with Crippen molar-refractivity contribution in [1.29, 1.82) is 0 Å². The number of rotatable bonds is 3. The van der Waals surface area contributed by atoms with Gasteiger partial charge >= 0.3 is 0 Å². The summed E-state index contributed by atoms with van der Waals surface area (Å²) in [7, 11) is 0. The molecule has 0 aliphatic rings. The Kier molecular flexibility index (Phi) is 3.81. The molecule has 1 N–H and O–H groups in total. The Bertz CT molecular complexity index is 816. The molecule has 2 heterocycles. The van der Waals surface area contributed by atoms with Crippen molar-refractivity contribution in [2.75, 3.05) is 5.32 Å². The normalized spacial score (nSPS) is 10.7. The summed E-state index contributed by atoms with van der Waals surface area (Å²) in [5.74, 6) is 0.921. The van der Waals surface area contributed by atoms with E-state index < -0.39 is 0 Å². The van der Waals surface area contributed by atoms with Crippen LogP contribution in [-0.2, 0) is 0 Å². The van der Waals surface area contributed by atoms with Crippen molar-refractivity contribution < 1.29 is 9.32 Å². The summed E-state index contributed by atoms with van der Waals surface area (Å²) in [4.78, 5) is 13.6. The highest BCUT2D eigenvalue weighted by Crippen LogP contribution is 2.33. The Hall–Kier alpha value is -2.40. The molecular formula is C17H16N2O2S. The summed E-state index contributed by atoms with van der Waals surface area (Å²) in [6.45, 7) is 5.86. The predicted octanol–water partition coefficient (Wildman–Crippen LogP) is 4.58. The number of anilines is 1. The number of hydrogen-bond donors (Lipinski definition) is 1. The second-order valence-corrected chi connectivity index (χ2v) is 6.31. The third-order valence-corrected chi connectivity index (χ3v) is 4.34. The van der Waals surface area contributed by atoms with Gasteiger partial charge in [-0.25, -0.2) is 0 Å². The molecule has 0 bridgehead atoms. The minimum Gasteiger partial charge on any atom is -0.360 e. The van der Waals surface area contributed by atoms with E-state index in [-0.39, 0.29) is 5.91 Å². The molecule has 4 nitrogen and oxygen atoms in total. The number of carbonyl (C=O) groups excluding carboxylic acids is 1. The van der Waals surface area contributed by atoms with Crippen LogP contribution in [0.5, 0.6) is 0 Å². The van der Waals surface area contributed by atoms with Gasteiger partial charge in [-0.3, -0.25) is 4.79 Å². The molecule has 3 aromatic rings. The van der Waals surface area contributed by atoms with E-state index in [9.17, 15) is 4.79 Å². The van der Waals surface area contributed by atoms with Crippen molar-refractivity contribution in [3.05, 3.63) is 57.5 Å². The van der Waals surface area contributed by atoms with E-state index in [4.69, 9.17) is 4.52 Å². The average Bonchev–Trinajstić information content (AvgIpc) is 3.06. The highest BCUT2D eigenvalue weighted by atomic mass is 32.1. The lowest BCUT2D eigenvalue weighted by Crippen LogP contribution is -2.12. The van der Waals surface area contributed by atoms with Crippen molar-refractivity contribution >= 4 is 23.1 Å². The summed E-state index contributed by atoms with van der Waals surface area (Å²) in [6, 6.07) is 9.88. The van der Waals surface area contributed by atoms with Crippen LogP contribution in [0.15, 0.2) is 40.2 Å². The molecule has 1 amide bonds. The molecule has 0 atom stereocenters. The molecule has 22 heavy (non-hydrogen) atoms. The summed E-state index contributed by atoms with van der Waals surface area (Å²) in [5, 5.41) is 8.46. The van der Waals surface area contributed by atoms with Gasteiger partial charge in [0.15, 0.2) is 5.82 Å². The van der Waals surface area contributed by atoms with Crippen molar-refractivity contribution in [3.63, 3.8) is 0 Å². The first-order chi connectivity index (χ1) is 10.5. The van der Waals surface area contributed by atoms with Crippen molar-refractivity contribution in [1.82, 2.24) is 5.16 Å². The van der Waals surface area contributed by atoms with Gasteiger partial charge in [0.25, 0.3) is 5.91 Å². The number of thiophene rings is 1. The Morgan fingerprint density at radius 2 is 1.91 bits per heavy atom. The Labute approximate surface area is 132 Å². The van der Waals surface area contributed by atoms with E-state index >= 15 is 0 Å². The zero-order chi connectivity index (χ0) is 15.7. The van der Waals surface area contributed by atoms with Crippen molar-refractivity contribution in [2.45, 2.75) is 20.8 Å². The van der Waals surface area contributed by atoms with E-state index in [1.165, 1.54) is 5.56 Å². The van der Waals surface area contributed by atoms with Gasteiger partial charge in [-0.15, -0.1) is 11.3 Å². The Morgan fingerprint density at radius 3 is 2.55 bits per heavy atom. The van der Waals surface area contributed by atoms with Crippen LogP contribution in [0.4, 0.5) is 5.82 Å². The molecular weight excluding hydrogens is 296 g/mol. The maximum Gasteiger partial charge on any atom is 0.258 e. The minimum absolute atomic E-state index is 0.173. The minimum atomic E-state index is -0.173. The summed E-state index contributed by atoms with van der Waals surface area (Å²) < 4.78 is 4.97. The molecule has 0 aliphatic heterocycles. The van der Waals surface area contributed by atoms with Crippen molar-refractivity contribution in [2.24, 2.45) is 0 Å². The van der Waals surface area contributed by atoms with E-state index in [2.05, 4.69) is 22.6 Å². The topological polar surface area (TPSA) is 55.1 Å². The monoisotopic (exact) mass is 312 g/mol. The molecule has 3 rings (SSSR count). The highest BCUT2D eigenvalue weighted by Gasteiger charge is 2.18. The highest BCUT2D eigenvalue weighted by molar-refractivity contribution is 7.10.